The second-order valence-electron chi connectivity index (χ2n) is 5.24. The van der Waals surface area contributed by atoms with E-state index in [1.165, 1.54) is 0 Å². The van der Waals surface area contributed by atoms with Crippen molar-refractivity contribution in [1.82, 2.24) is 4.98 Å². The quantitative estimate of drug-likeness (QED) is 0.460. The average Bonchev–Trinajstić information content (AvgIpc) is 3.21. The zero-order chi connectivity index (χ0) is 17.4. The Morgan fingerprint density at radius 1 is 1.08 bits per heavy atom. The van der Waals surface area contributed by atoms with Crippen LogP contribution in [0.15, 0.2) is 68.1 Å². The maximum Gasteiger partial charge on any atom is 0.291 e. The lowest BCUT2D eigenvalue weighted by Crippen LogP contribution is -2.10. The molecule has 2 aromatic heterocycles. The van der Waals surface area contributed by atoms with E-state index in [0.29, 0.717) is 37.9 Å². The summed E-state index contributed by atoms with van der Waals surface area (Å²) in [5.74, 6) is 0.294. The molecule has 2 aromatic carbocycles. The number of fused-ring (bicyclic) bond motifs is 1. The van der Waals surface area contributed by atoms with Gasteiger partial charge in [-0.2, -0.15) is 0 Å². The summed E-state index contributed by atoms with van der Waals surface area (Å²) in [5.41, 5.74) is 2.53. The van der Waals surface area contributed by atoms with Crippen LogP contribution in [0.25, 0.3) is 22.6 Å². The lowest BCUT2D eigenvalue weighted by Gasteiger charge is -2.02. The number of oxazole rings is 1. The van der Waals surface area contributed by atoms with Crippen LogP contribution in [0.3, 0.4) is 0 Å². The number of halogens is 2. The summed E-state index contributed by atoms with van der Waals surface area (Å²) in [6, 6.07) is 15.8. The minimum atomic E-state index is -0.347. The second-order valence-corrected chi connectivity index (χ2v) is 6.43. The molecule has 1 amide bonds. The van der Waals surface area contributed by atoms with Gasteiger partial charge in [-0.05, 0) is 58.4 Å². The first-order chi connectivity index (χ1) is 12.1. The summed E-state index contributed by atoms with van der Waals surface area (Å²) in [4.78, 5) is 16.6. The maximum absolute atomic E-state index is 12.1. The van der Waals surface area contributed by atoms with E-state index in [1.54, 1.807) is 36.4 Å². The highest BCUT2D eigenvalue weighted by molar-refractivity contribution is 9.10. The molecule has 4 aromatic rings. The molecular weight excluding hydrogens is 408 g/mol. The van der Waals surface area contributed by atoms with Crippen molar-refractivity contribution in [2.75, 3.05) is 5.32 Å². The summed E-state index contributed by atoms with van der Waals surface area (Å²) >= 11 is 9.35. The molecule has 0 atom stereocenters. The number of benzene rings is 2. The second kappa shape index (κ2) is 6.38. The van der Waals surface area contributed by atoms with Crippen LogP contribution in [-0.2, 0) is 0 Å². The number of nitrogens with one attached hydrogen (secondary N) is 1. The topological polar surface area (TPSA) is 68.3 Å². The Balaban J connectivity index is 1.64. The molecule has 4 rings (SSSR count). The number of furan rings is 1. The minimum absolute atomic E-state index is 0.212. The Labute approximate surface area is 155 Å². The molecule has 0 bridgehead atoms. The normalized spacial score (nSPS) is 11.0. The van der Waals surface area contributed by atoms with Crippen LogP contribution in [0.5, 0.6) is 0 Å². The Kier molecular flexibility index (Phi) is 4.07. The van der Waals surface area contributed by atoms with Gasteiger partial charge < -0.3 is 14.2 Å². The Morgan fingerprint density at radius 3 is 2.68 bits per heavy atom. The van der Waals surface area contributed by atoms with Crippen molar-refractivity contribution in [3.8, 4) is 11.5 Å². The van der Waals surface area contributed by atoms with Gasteiger partial charge in [-0.25, -0.2) is 4.98 Å². The maximum atomic E-state index is 12.1. The van der Waals surface area contributed by atoms with Gasteiger partial charge in [0.1, 0.15) is 5.52 Å². The molecule has 0 aliphatic rings. The van der Waals surface area contributed by atoms with Gasteiger partial charge in [-0.3, -0.25) is 4.79 Å². The minimum Gasteiger partial charge on any atom is -0.444 e. The molecule has 0 radical (unpaired) electrons. The molecule has 25 heavy (non-hydrogen) atoms. The number of anilines is 1. The number of hydrogen-bond donors (Lipinski definition) is 1. The smallest absolute Gasteiger partial charge is 0.291 e. The van der Waals surface area contributed by atoms with Gasteiger partial charge in [0, 0.05) is 5.69 Å². The number of carbonyl (C=O) groups excluding carboxylic acids is 1. The van der Waals surface area contributed by atoms with Crippen molar-refractivity contribution in [3.05, 3.63) is 70.0 Å². The molecule has 7 heteroatoms. The molecule has 0 unspecified atom stereocenters. The zero-order valence-corrected chi connectivity index (χ0v) is 15.0. The number of amides is 1. The van der Waals surface area contributed by atoms with E-state index in [1.807, 2.05) is 18.2 Å². The van der Waals surface area contributed by atoms with E-state index >= 15 is 0 Å². The van der Waals surface area contributed by atoms with Crippen LogP contribution < -0.4 is 5.32 Å². The number of carbonyl (C=O) groups is 1. The molecular formula is C18H10BrClN2O3. The van der Waals surface area contributed by atoms with E-state index in [9.17, 15) is 4.79 Å². The van der Waals surface area contributed by atoms with Crippen LogP contribution >= 0.6 is 27.5 Å². The molecule has 0 spiro atoms. The fourth-order valence-electron chi connectivity index (χ4n) is 2.38. The molecule has 5 nitrogen and oxygen atoms in total. The summed E-state index contributed by atoms with van der Waals surface area (Å²) in [7, 11) is 0. The largest absolute Gasteiger partial charge is 0.444 e. The van der Waals surface area contributed by atoms with E-state index in [2.05, 4.69) is 26.2 Å². The molecule has 2 heterocycles. The number of aromatic nitrogens is 1. The third kappa shape index (κ3) is 3.18. The lowest BCUT2D eigenvalue weighted by molar-refractivity contribution is 0.0995. The van der Waals surface area contributed by atoms with Crippen molar-refractivity contribution >= 4 is 50.2 Å². The van der Waals surface area contributed by atoms with E-state index in [4.69, 9.17) is 20.4 Å². The Morgan fingerprint density at radius 2 is 1.92 bits per heavy atom. The van der Waals surface area contributed by atoms with Gasteiger partial charge in [0.2, 0.25) is 5.89 Å². The summed E-state index contributed by atoms with van der Waals surface area (Å²) in [6.45, 7) is 0. The predicted octanol–water partition coefficient (Wildman–Crippen LogP) is 5.76. The highest BCUT2D eigenvalue weighted by Crippen LogP contribution is 2.30. The van der Waals surface area contributed by atoms with Crippen molar-refractivity contribution < 1.29 is 13.6 Å². The van der Waals surface area contributed by atoms with Crippen LogP contribution in [-0.4, -0.2) is 10.9 Å². The van der Waals surface area contributed by atoms with Crippen LogP contribution in [0.4, 0.5) is 5.69 Å². The van der Waals surface area contributed by atoms with Crippen molar-refractivity contribution in [2.45, 2.75) is 0 Å². The van der Waals surface area contributed by atoms with Crippen molar-refractivity contribution in [1.29, 1.82) is 0 Å². The number of rotatable bonds is 3. The molecule has 0 saturated heterocycles. The van der Waals surface area contributed by atoms with E-state index < -0.39 is 0 Å². The van der Waals surface area contributed by atoms with Crippen LogP contribution in [0, 0.1) is 0 Å². The third-order valence-electron chi connectivity index (χ3n) is 3.55. The molecule has 0 fully saturated rings. The fourth-order valence-corrected chi connectivity index (χ4v) is 2.91. The van der Waals surface area contributed by atoms with Crippen molar-refractivity contribution in [3.63, 3.8) is 0 Å². The number of hydrogen-bond acceptors (Lipinski definition) is 4. The summed E-state index contributed by atoms with van der Waals surface area (Å²) in [5, 5.41) is 3.32. The van der Waals surface area contributed by atoms with Gasteiger partial charge in [0.25, 0.3) is 5.91 Å². The van der Waals surface area contributed by atoms with Gasteiger partial charge >= 0.3 is 0 Å². The monoisotopic (exact) mass is 416 g/mol. The van der Waals surface area contributed by atoms with Crippen molar-refractivity contribution in [2.24, 2.45) is 0 Å². The Bertz CT molecular complexity index is 1090. The summed E-state index contributed by atoms with van der Waals surface area (Å²) in [6.07, 6.45) is 0. The van der Waals surface area contributed by atoms with Gasteiger partial charge in [-0.1, -0.05) is 23.7 Å². The first kappa shape index (κ1) is 15.9. The SMILES string of the molecule is O=C(Nc1ccc2oc(-c3ccccc3Cl)nc2c1)c1ccc(Br)o1. The molecule has 0 aliphatic carbocycles. The lowest BCUT2D eigenvalue weighted by atomic mass is 10.2. The third-order valence-corrected chi connectivity index (χ3v) is 4.30. The van der Waals surface area contributed by atoms with E-state index in [-0.39, 0.29) is 11.7 Å². The van der Waals surface area contributed by atoms with E-state index in [0.717, 1.165) is 0 Å². The fraction of sp³-hybridized carbons (Fsp3) is 0. The highest BCUT2D eigenvalue weighted by atomic mass is 79.9. The van der Waals surface area contributed by atoms with Gasteiger partial charge in [0.05, 0.1) is 10.6 Å². The molecule has 0 saturated carbocycles. The first-order valence-electron chi connectivity index (χ1n) is 7.32. The van der Waals surface area contributed by atoms with Crippen LogP contribution in [0.1, 0.15) is 10.6 Å². The van der Waals surface area contributed by atoms with Crippen LogP contribution in [0.2, 0.25) is 5.02 Å². The average molecular weight is 418 g/mol. The molecule has 1 N–H and O–H groups in total. The van der Waals surface area contributed by atoms with Gasteiger partial charge in [-0.15, -0.1) is 0 Å². The predicted molar refractivity (Wildman–Crippen MR) is 98.8 cm³/mol. The highest BCUT2D eigenvalue weighted by Gasteiger charge is 2.14. The summed E-state index contributed by atoms with van der Waals surface area (Å²) < 4.78 is 11.5. The van der Waals surface area contributed by atoms with Gasteiger partial charge in [0.15, 0.2) is 16.0 Å². The molecule has 0 aliphatic heterocycles. The standard InChI is InChI=1S/C18H10BrClN2O3/c19-16-8-7-15(24-16)17(23)21-10-5-6-14-13(9-10)22-18(25-14)11-3-1-2-4-12(11)20/h1-9H,(H,21,23). The number of nitrogens with zero attached hydrogens (tertiary/aromatic N) is 1. The first-order valence-corrected chi connectivity index (χ1v) is 8.49. The molecule has 124 valence electrons. The zero-order valence-electron chi connectivity index (χ0n) is 12.6. The Hall–Kier alpha value is -2.57.